The molecule has 1 aromatic carbocycles. The molecule has 0 saturated carbocycles. The minimum atomic E-state index is -0.743. The zero-order valence-corrected chi connectivity index (χ0v) is 13.7. The van der Waals surface area contributed by atoms with Crippen molar-refractivity contribution in [3.8, 4) is 0 Å². The van der Waals surface area contributed by atoms with Crippen LogP contribution in [-0.2, 0) is 9.53 Å². The lowest BCUT2D eigenvalue weighted by molar-refractivity contribution is -0.132. The van der Waals surface area contributed by atoms with E-state index >= 15 is 0 Å². The van der Waals surface area contributed by atoms with Gasteiger partial charge in [0.25, 0.3) is 0 Å². The maximum atomic E-state index is 12.6. The van der Waals surface area contributed by atoms with Crippen LogP contribution >= 0.6 is 0 Å². The predicted molar refractivity (Wildman–Crippen MR) is 85.5 cm³/mol. The summed E-state index contributed by atoms with van der Waals surface area (Å²) in [6.45, 7) is 3.32. The second-order valence-electron chi connectivity index (χ2n) is 5.27. The summed E-state index contributed by atoms with van der Waals surface area (Å²) in [4.78, 5) is 28.0. The first-order valence-corrected chi connectivity index (χ1v) is 7.33. The molecule has 2 amide bonds. The minimum Gasteiger partial charge on any atom is -0.450 e. The van der Waals surface area contributed by atoms with Crippen LogP contribution in [0.4, 0.5) is 4.79 Å². The smallest absolute Gasteiger partial charge is 0.408 e. The zero-order chi connectivity index (χ0) is 16.5. The molecule has 1 unspecified atom stereocenters. The molecule has 1 aromatic rings. The second kappa shape index (κ2) is 9.04. The van der Waals surface area contributed by atoms with E-state index in [-0.39, 0.29) is 12.5 Å². The number of amides is 2. The largest absolute Gasteiger partial charge is 0.450 e. The second-order valence-corrected chi connectivity index (χ2v) is 5.27. The van der Waals surface area contributed by atoms with Gasteiger partial charge in [-0.3, -0.25) is 4.79 Å². The van der Waals surface area contributed by atoms with Gasteiger partial charge in [0.15, 0.2) is 0 Å². The third-order valence-corrected chi connectivity index (χ3v) is 3.18. The molecule has 1 rings (SSSR count). The fourth-order valence-electron chi connectivity index (χ4n) is 1.90. The Morgan fingerprint density at radius 2 is 1.77 bits per heavy atom. The van der Waals surface area contributed by atoms with Crippen molar-refractivity contribution < 1.29 is 14.3 Å². The van der Waals surface area contributed by atoms with E-state index < -0.39 is 12.1 Å². The fraction of sp³-hybridized carbons (Fsp3) is 0.500. The highest BCUT2D eigenvalue weighted by molar-refractivity contribution is 5.86. The Bertz CT molecular complexity index is 477. The van der Waals surface area contributed by atoms with Crippen LogP contribution < -0.4 is 5.32 Å². The minimum absolute atomic E-state index is 0.166. The summed E-state index contributed by atoms with van der Waals surface area (Å²) in [5, 5.41) is 2.64. The number of nitrogens with zero attached hydrogens (tertiary/aromatic N) is 2. The zero-order valence-electron chi connectivity index (χ0n) is 13.7. The van der Waals surface area contributed by atoms with Crippen LogP contribution in [0.2, 0.25) is 0 Å². The first-order valence-electron chi connectivity index (χ1n) is 7.33. The topological polar surface area (TPSA) is 61.9 Å². The average Bonchev–Trinajstić information content (AvgIpc) is 2.50. The van der Waals surface area contributed by atoms with E-state index in [0.717, 1.165) is 12.1 Å². The molecule has 0 aliphatic heterocycles. The van der Waals surface area contributed by atoms with Gasteiger partial charge >= 0.3 is 6.09 Å². The quantitative estimate of drug-likeness (QED) is 0.829. The van der Waals surface area contributed by atoms with Gasteiger partial charge in [-0.25, -0.2) is 4.79 Å². The number of hydrogen-bond donors (Lipinski definition) is 1. The summed E-state index contributed by atoms with van der Waals surface area (Å²) >= 11 is 0. The van der Waals surface area contributed by atoms with Crippen molar-refractivity contribution in [3.05, 3.63) is 35.9 Å². The van der Waals surface area contributed by atoms with E-state index in [1.54, 1.807) is 18.9 Å². The summed E-state index contributed by atoms with van der Waals surface area (Å²) in [5.41, 5.74) is 0.734. The SMILES string of the molecule is CCOC(=O)NC(C(=O)N(C)CCN(C)C)c1ccccc1. The number of likely N-dealkylation sites (N-methyl/N-ethyl adjacent to an activating group) is 2. The lowest BCUT2D eigenvalue weighted by atomic mass is 10.1. The van der Waals surface area contributed by atoms with Crippen LogP contribution in [0.25, 0.3) is 0 Å². The molecule has 0 radical (unpaired) electrons. The predicted octanol–water partition coefficient (Wildman–Crippen LogP) is 1.49. The molecule has 0 heterocycles. The van der Waals surface area contributed by atoms with Gasteiger partial charge in [0.2, 0.25) is 5.91 Å². The number of rotatable bonds is 7. The van der Waals surface area contributed by atoms with Crippen LogP contribution in [0.5, 0.6) is 0 Å². The average molecular weight is 307 g/mol. The van der Waals surface area contributed by atoms with Gasteiger partial charge in [-0.15, -0.1) is 0 Å². The molecular weight excluding hydrogens is 282 g/mol. The van der Waals surface area contributed by atoms with E-state index in [0.29, 0.717) is 6.54 Å². The summed E-state index contributed by atoms with van der Waals surface area (Å²) in [6, 6.07) is 8.42. The Morgan fingerprint density at radius 1 is 1.14 bits per heavy atom. The lowest BCUT2D eigenvalue weighted by Gasteiger charge is -2.25. The first kappa shape index (κ1) is 18.0. The molecule has 0 fully saturated rings. The molecule has 1 N–H and O–H groups in total. The molecule has 22 heavy (non-hydrogen) atoms. The van der Waals surface area contributed by atoms with E-state index in [9.17, 15) is 9.59 Å². The highest BCUT2D eigenvalue weighted by Gasteiger charge is 2.26. The van der Waals surface area contributed by atoms with Gasteiger partial charge in [0.05, 0.1) is 6.61 Å². The molecular formula is C16H25N3O3. The molecule has 0 aromatic heterocycles. The van der Waals surface area contributed by atoms with E-state index in [2.05, 4.69) is 5.32 Å². The van der Waals surface area contributed by atoms with Crippen LogP contribution in [0.15, 0.2) is 30.3 Å². The summed E-state index contributed by atoms with van der Waals surface area (Å²) in [5.74, 6) is -0.166. The Labute approximate surface area is 132 Å². The van der Waals surface area contributed by atoms with Crippen molar-refractivity contribution in [1.29, 1.82) is 0 Å². The number of carbonyl (C=O) groups is 2. The molecule has 1 atom stereocenters. The molecule has 0 aliphatic carbocycles. The summed E-state index contributed by atoms with van der Waals surface area (Å²) in [7, 11) is 5.63. The van der Waals surface area contributed by atoms with Crippen molar-refractivity contribution >= 4 is 12.0 Å². The van der Waals surface area contributed by atoms with E-state index in [1.807, 2.05) is 49.3 Å². The van der Waals surface area contributed by atoms with Crippen LogP contribution in [0.3, 0.4) is 0 Å². The normalized spacial score (nSPS) is 11.9. The maximum absolute atomic E-state index is 12.6. The van der Waals surface area contributed by atoms with E-state index in [4.69, 9.17) is 4.74 Å². The summed E-state index contributed by atoms with van der Waals surface area (Å²) < 4.78 is 4.89. The molecule has 6 nitrogen and oxygen atoms in total. The number of nitrogens with one attached hydrogen (secondary N) is 1. The first-order chi connectivity index (χ1) is 10.5. The maximum Gasteiger partial charge on any atom is 0.408 e. The number of hydrogen-bond acceptors (Lipinski definition) is 4. The van der Waals surface area contributed by atoms with Crippen molar-refractivity contribution in [2.75, 3.05) is 40.8 Å². The van der Waals surface area contributed by atoms with Crippen LogP contribution in [0.1, 0.15) is 18.5 Å². The van der Waals surface area contributed by atoms with Crippen molar-refractivity contribution in [3.63, 3.8) is 0 Å². The highest BCUT2D eigenvalue weighted by Crippen LogP contribution is 2.15. The van der Waals surface area contributed by atoms with Crippen molar-refractivity contribution in [1.82, 2.24) is 15.1 Å². The Kier molecular flexibility index (Phi) is 7.39. The van der Waals surface area contributed by atoms with Gasteiger partial charge in [-0.05, 0) is 26.6 Å². The standard InChI is InChI=1S/C16H25N3O3/c1-5-22-16(21)17-14(13-9-7-6-8-10-13)15(20)19(4)12-11-18(2)3/h6-10,14H,5,11-12H2,1-4H3,(H,17,21). The molecule has 0 aliphatic rings. The Balaban J connectivity index is 2.85. The fourth-order valence-corrected chi connectivity index (χ4v) is 1.90. The third-order valence-electron chi connectivity index (χ3n) is 3.18. The molecule has 122 valence electrons. The number of alkyl carbamates (subject to hydrolysis) is 1. The van der Waals surface area contributed by atoms with Gasteiger partial charge in [0.1, 0.15) is 6.04 Å². The highest BCUT2D eigenvalue weighted by atomic mass is 16.5. The van der Waals surface area contributed by atoms with E-state index in [1.165, 1.54) is 0 Å². The molecule has 0 saturated heterocycles. The lowest BCUT2D eigenvalue weighted by Crippen LogP contribution is -2.43. The molecule has 6 heteroatoms. The third kappa shape index (κ3) is 5.73. The van der Waals surface area contributed by atoms with Crippen molar-refractivity contribution in [2.24, 2.45) is 0 Å². The molecule has 0 bridgehead atoms. The Morgan fingerprint density at radius 3 is 2.32 bits per heavy atom. The van der Waals surface area contributed by atoms with Crippen molar-refractivity contribution in [2.45, 2.75) is 13.0 Å². The van der Waals surface area contributed by atoms with Gasteiger partial charge in [0, 0.05) is 20.1 Å². The Hall–Kier alpha value is -2.08. The number of carbonyl (C=O) groups excluding carboxylic acids is 2. The summed E-state index contributed by atoms with van der Waals surface area (Å²) in [6.07, 6.45) is -0.592. The van der Waals surface area contributed by atoms with Gasteiger partial charge in [-0.1, -0.05) is 30.3 Å². The monoisotopic (exact) mass is 307 g/mol. The van der Waals surface area contributed by atoms with Crippen LogP contribution in [0, 0.1) is 0 Å². The molecule has 0 spiro atoms. The van der Waals surface area contributed by atoms with Gasteiger partial charge in [-0.2, -0.15) is 0 Å². The number of benzene rings is 1. The number of ether oxygens (including phenoxy) is 1. The van der Waals surface area contributed by atoms with Crippen LogP contribution in [-0.4, -0.2) is 62.6 Å². The van der Waals surface area contributed by atoms with Gasteiger partial charge < -0.3 is 19.9 Å².